The summed E-state index contributed by atoms with van der Waals surface area (Å²) in [7, 11) is 0.744. The highest BCUT2D eigenvalue weighted by atomic mass is 35.5. The number of Topliss-reactive ketones (excluding diaryl/α,β-unsaturated/α-hetero) is 1. The Morgan fingerprint density at radius 3 is 1.67 bits per heavy atom. The summed E-state index contributed by atoms with van der Waals surface area (Å²) in [6.45, 7) is 29.0. The van der Waals surface area contributed by atoms with Crippen molar-refractivity contribution in [2.75, 3.05) is 6.16 Å². The molecule has 272 valence electrons. The number of phenols is 1. The van der Waals surface area contributed by atoms with Crippen LogP contribution >= 0.6 is 20.2 Å². The van der Waals surface area contributed by atoms with Crippen molar-refractivity contribution in [1.82, 2.24) is 0 Å². The molecule has 0 amide bonds. The van der Waals surface area contributed by atoms with Crippen molar-refractivity contribution in [1.29, 1.82) is 0 Å². The molecular formula is C38H76ClF2O3P. The Bertz CT molecular complexity index is 758. The highest BCUT2D eigenvalue weighted by Crippen LogP contribution is 2.39. The molecule has 0 aromatic heterocycles. The number of aryl methyl sites for hydroxylation is 1. The number of halogens is 3. The second kappa shape index (κ2) is 36.1. The molecule has 1 aromatic carbocycles. The topological polar surface area (TPSA) is 57.5 Å². The van der Waals surface area contributed by atoms with Crippen LogP contribution in [0.4, 0.5) is 8.78 Å². The smallest absolute Gasteiger partial charge is 0.274 e. The van der Waals surface area contributed by atoms with Crippen molar-refractivity contribution in [2.45, 2.75) is 180 Å². The summed E-state index contributed by atoms with van der Waals surface area (Å²) in [5.41, 5.74) is 0.164. The number of aromatic hydroxyl groups is 1. The van der Waals surface area contributed by atoms with E-state index in [1.54, 1.807) is 13.8 Å². The maximum Gasteiger partial charge on any atom is 0.274 e. The fourth-order valence-corrected chi connectivity index (χ4v) is 5.60. The van der Waals surface area contributed by atoms with Crippen molar-refractivity contribution in [3.8, 4) is 5.75 Å². The number of benzene rings is 1. The van der Waals surface area contributed by atoms with Crippen molar-refractivity contribution >= 4 is 26.0 Å². The van der Waals surface area contributed by atoms with Gasteiger partial charge in [-0.15, -0.1) is 0 Å². The predicted octanol–water partition coefficient (Wildman–Crippen LogP) is 14.0. The van der Waals surface area contributed by atoms with Gasteiger partial charge in [-0.1, -0.05) is 142 Å². The van der Waals surface area contributed by atoms with Gasteiger partial charge in [-0.25, -0.2) is 8.78 Å². The van der Waals surface area contributed by atoms with Gasteiger partial charge < -0.3 is 15.0 Å². The summed E-state index contributed by atoms with van der Waals surface area (Å²) < 4.78 is 25.7. The van der Waals surface area contributed by atoms with Crippen LogP contribution in [0.5, 0.6) is 5.75 Å². The zero-order valence-corrected chi connectivity index (χ0v) is 33.9. The average molecular weight is 685 g/mol. The molecule has 2 N–H and O–H groups in total. The molecule has 1 saturated carbocycles. The van der Waals surface area contributed by atoms with Crippen LogP contribution < -0.4 is 0 Å². The van der Waals surface area contributed by atoms with Gasteiger partial charge in [0.25, 0.3) is 5.92 Å². The summed E-state index contributed by atoms with van der Waals surface area (Å²) in [5.74, 6) is -0.242. The Hall–Kier alpha value is -0.770. The Kier molecular flexibility index (Phi) is 43.1. The summed E-state index contributed by atoms with van der Waals surface area (Å²) in [6, 6.07) is 2.66. The van der Waals surface area contributed by atoms with E-state index in [-0.39, 0.29) is 16.7 Å². The number of alkyl halides is 2. The molecule has 3 nitrogen and oxygen atoms in total. The first-order valence-corrected chi connectivity index (χ1v) is 19.6. The third-order valence-corrected chi connectivity index (χ3v) is 8.63. The lowest BCUT2D eigenvalue weighted by Crippen LogP contribution is -2.20. The largest absolute Gasteiger partial charge is 0.506 e. The molecule has 0 spiro atoms. The first-order chi connectivity index (χ1) is 21.2. The van der Waals surface area contributed by atoms with E-state index in [0.29, 0.717) is 12.0 Å². The van der Waals surface area contributed by atoms with E-state index in [1.165, 1.54) is 63.5 Å². The fraction of sp³-hybridized carbons (Fsp3) is 0.816. The van der Waals surface area contributed by atoms with Crippen molar-refractivity contribution in [3.63, 3.8) is 0 Å². The minimum Gasteiger partial charge on any atom is -0.506 e. The maximum atomic E-state index is 12.9. The molecule has 1 fully saturated rings. The molecule has 1 aliphatic rings. The quantitative estimate of drug-likeness (QED) is 0.241. The van der Waals surface area contributed by atoms with Gasteiger partial charge in [0.15, 0.2) is 0 Å². The maximum absolute atomic E-state index is 12.9. The van der Waals surface area contributed by atoms with Gasteiger partial charge in [-0.05, 0) is 74.7 Å². The van der Waals surface area contributed by atoms with Gasteiger partial charge in [0.1, 0.15) is 11.5 Å². The molecule has 1 aromatic rings. The number of aliphatic hydroxyl groups excluding tert-OH is 1. The molecule has 1 aliphatic carbocycles. The summed E-state index contributed by atoms with van der Waals surface area (Å²) in [6.07, 6.45) is 14.5. The summed E-state index contributed by atoms with van der Waals surface area (Å²) >= 11 is 5.54. The average Bonchev–Trinajstić information content (AvgIpc) is 3.02. The number of carbonyl (C=O) groups excluding carboxylic acids is 1. The number of aliphatic hydroxyl groups is 1. The van der Waals surface area contributed by atoms with Crippen LogP contribution in [0, 0.1) is 24.7 Å². The Labute approximate surface area is 286 Å². The van der Waals surface area contributed by atoms with E-state index in [2.05, 4.69) is 27.7 Å². The lowest BCUT2D eigenvalue weighted by atomic mass is 9.73. The molecule has 0 saturated heterocycles. The van der Waals surface area contributed by atoms with Gasteiger partial charge in [0.05, 0.1) is 16.4 Å². The van der Waals surface area contributed by atoms with Gasteiger partial charge in [0.2, 0.25) is 0 Å². The lowest BCUT2D eigenvalue weighted by molar-refractivity contribution is -0.116. The van der Waals surface area contributed by atoms with Crippen LogP contribution in [-0.2, 0) is 10.7 Å². The number of carbonyl (C=O) groups is 1. The van der Waals surface area contributed by atoms with Crippen molar-refractivity contribution in [2.24, 2.45) is 17.8 Å². The van der Waals surface area contributed by atoms with E-state index in [0.717, 1.165) is 45.8 Å². The first kappa shape index (κ1) is 53.7. The minimum absolute atomic E-state index is 0.0231. The highest BCUT2D eigenvalue weighted by Gasteiger charge is 2.29. The van der Waals surface area contributed by atoms with Crippen LogP contribution in [-0.4, -0.2) is 28.0 Å². The van der Waals surface area contributed by atoms with Gasteiger partial charge in [-0.3, -0.25) is 0 Å². The second-order valence-corrected chi connectivity index (χ2v) is 13.1. The number of hydrogen-bond acceptors (Lipinski definition) is 3. The van der Waals surface area contributed by atoms with Crippen LogP contribution in [0.25, 0.3) is 0 Å². The molecular weight excluding hydrogens is 609 g/mol. The molecule has 45 heavy (non-hydrogen) atoms. The minimum atomic E-state index is -3.07. The Balaban J connectivity index is -0.000000158. The third kappa shape index (κ3) is 31.6. The van der Waals surface area contributed by atoms with Gasteiger partial charge in [-0.2, -0.15) is 0 Å². The van der Waals surface area contributed by atoms with Crippen LogP contribution in [0.15, 0.2) is 12.1 Å². The van der Waals surface area contributed by atoms with E-state index in [4.69, 9.17) is 16.7 Å². The fourth-order valence-electron chi connectivity index (χ4n) is 4.56. The van der Waals surface area contributed by atoms with Crippen LogP contribution in [0.3, 0.4) is 0 Å². The third-order valence-electron chi connectivity index (χ3n) is 7.05. The number of rotatable bonds is 10. The van der Waals surface area contributed by atoms with Crippen molar-refractivity contribution < 1.29 is 23.8 Å². The van der Waals surface area contributed by atoms with Crippen LogP contribution in [0.2, 0.25) is 5.02 Å². The standard InChI is InChI=1S/C14H28.C9H9ClF2O.C5H13OP.C4H8O.3C2H6/c1-4-6-13(7-5-2)14-10-8-12(3)9-11-14;1-5-3-6(9(2,11)12)8(13)7(10)4-5;1-3-5(6)7-4-2;1-3-4(2)5;3*1-2/h12-14H,4-11H2,1-3H3;3-4,13H,1-2H3;5-7H,3-4H2,1-2H3;3H2,1-2H3;3*1-2H3. The Morgan fingerprint density at radius 1 is 0.956 bits per heavy atom. The Morgan fingerprint density at radius 2 is 1.38 bits per heavy atom. The second-order valence-electron chi connectivity index (χ2n) is 10.9. The number of hydrogen-bond donors (Lipinski definition) is 2. The molecule has 0 heterocycles. The van der Waals surface area contributed by atoms with Crippen LogP contribution in [0.1, 0.15) is 172 Å². The molecule has 0 bridgehead atoms. The molecule has 0 radical (unpaired) electrons. The van der Waals surface area contributed by atoms with E-state index in [1.807, 2.05) is 55.4 Å². The van der Waals surface area contributed by atoms with E-state index < -0.39 is 17.2 Å². The molecule has 2 atom stereocenters. The normalized spacial score (nSPS) is 15.9. The summed E-state index contributed by atoms with van der Waals surface area (Å²) in [5, 5.41) is 18.1. The molecule has 7 heteroatoms. The molecule has 2 rings (SSSR count). The van der Waals surface area contributed by atoms with Gasteiger partial charge in [0, 0.05) is 13.3 Å². The number of phenolic OH excluding ortho intramolecular Hbond substituents is 1. The predicted molar refractivity (Wildman–Crippen MR) is 202 cm³/mol. The van der Waals surface area contributed by atoms with E-state index >= 15 is 0 Å². The van der Waals surface area contributed by atoms with Crippen molar-refractivity contribution in [3.05, 3.63) is 28.3 Å². The first-order valence-electron chi connectivity index (χ1n) is 18.0. The molecule has 2 unspecified atom stereocenters. The summed E-state index contributed by atoms with van der Waals surface area (Å²) in [4.78, 5) is 9.81. The SMILES string of the molecule is CC.CC.CC.CCC(C)=O.CCCC(CCC)C1CCC(C)CC1.CCPC(O)CC.Cc1cc(Cl)c(O)c(C(C)(F)F)c1. The van der Waals surface area contributed by atoms with Gasteiger partial charge >= 0.3 is 0 Å². The highest BCUT2D eigenvalue weighted by molar-refractivity contribution is 7.38. The zero-order valence-electron chi connectivity index (χ0n) is 32.2. The lowest BCUT2D eigenvalue weighted by Gasteiger charge is -2.32. The zero-order chi connectivity index (χ0) is 36.6. The van der Waals surface area contributed by atoms with E-state index in [9.17, 15) is 18.7 Å². The monoisotopic (exact) mass is 685 g/mol. The number of ketones is 1. The molecule has 0 aliphatic heterocycles.